The molecule has 0 radical (unpaired) electrons. The fourth-order valence-electron chi connectivity index (χ4n) is 3.28. The lowest BCUT2D eigenvalue weighted by atomic mass is 10.0. The Hall–Kier alpha value is -4.02. The molecule has 4 rings (SSSR count). The van der Waals surface area contributed by atoms with Crippen molar-refractivity contribution in [1.82, 2.24) is 9.97 Å². The van der Waals surface area contributed by atoms with Crippen LogP contribution in [0.4, 0.5) is 8.78 Å². The maximum atomic E-state index is 13.4. The molecule has 34 heavy (non-hydrogen) atoms. The van der Waals surface area contributed by atoms with Gasteiger partial charge in [-0.2, -0.15) is 0 Å². The second kappa shape index (κ2) is 10.7. The summed E-state index contributed by atoms with van der Waals surface area (Å²) in [6.07, 6.45) is -0.0647. The summed E-state index contributed by atoms with van der Waals surface area (Å²) < 4.78 is 31.4. The average molecular weight is 469 g/mol. The third-order valence-corrected chi connectivity index (χ3v) is 4.77. The smallest absolute Gasteiger partial charge is 0.339 e. The van der Waals surface area contributed by atoms with Gasteiger partial charge in [-0.15, -0.1) is 0 Å². The zero-order valence-electron chi connectivity index (χ0n) is 18.0. The van der Waals surface area contributed by atoms with Crippen LogP contribution >= 0.6 is 0 Å². The number of fused-ring (bicyclic) bond motifs is 2. The summed E-state index contributed by atoms with van der Waals surface area (Å²) in [6.45, 7) is 1.78. The third-order valence-electron chi connectivity index (χ3n) is 4.77. The van der Waals surface area contributed by atoms with E-state index < -0.39 is 35.7 Å². The van der Waals surface area contributed by atoms with Crippen LogP contribution in [0, 0.1) is 11.6 Å². The lowest BCUT2D eigenvalue weighted by Crippen LogP contribution is -2.21. The highest BCUT2D eigenvalue weighted by molar-refractivity contribution is 5.89. The zero-order valence-corrected chi connectivity index (χ0v) is 18.0. The number of primary amides is 1. The highest BCUT2D eigenvalue weighted by Crippen LogP contribution is 2.25. The Morgan fingerprint density at radius 3 is 1.82 bits per heavy atom. The molecule has 0 aliphatic carbocycles. The molecule has 2 unspecified atom stereocenters. The van der Waals surface area contributed by atoms with Crippen LogP contribution in [-0.2, 0) is 14.3 Å². The number of rotatable bonds is 5. The fourth-order valence-corrected chi connectivity index (χ4v) is 3.28. The molecule has 176 valence electrons. The second-order valence-electron chi connectivity index (χ2n) is 7.10. The molecule has 2 aromatic heterocycles. The molecule has 1 amide bonds. The maximum Gasteiger partial charge on any atom is 0.339 e. The molecule has 4 N–H and O–H groups in total. The Bertz CT molecular complexity index is 1350. The number of ether oxygens (including phenoxy) is 1. The number of carbonyl (C=O) groups is 2. The molecule has 0 saturated carbocycles. The third kappa shape index (κ3) is 5.48. The molecule has 0 saturated heterocycles. The van der Waals surface area contributed by atoms with Gasteiger partial charge >= 0.3 is 5.97 Å². The van der Waals surface area contributed by atoms with Crippen molar-refractivity contribution in [3.05, 3.63) is 83.7 Å². The molecule has 0 aliphatic heterocycles. The molecule has 0 bridgehead atoms. The predicted octanol–water partition coefficient (Wildman–Crippen LogP) is 2.86. The Balaban J connectivity index is 0.000000192. The Morgan fingerprint density at radius 2 is 1.38 bits per heavy atom. The van der Waals surface area contributed by atoms with E-state index in [1.165, 1.54) is 24.5 Å². The first-order chi connectivity index (χ1) is 16.2. The fraction of sp³-hybridized carbons (Fsp3) is 0.167. The van der Waals surface area contributed by atoms with Crippen LogP contribution in [0.5, 0.6) is 0 Å². The summed E-state index contributed by atoms with van der Waals surface area (Å²) in [7, 11) is 0. The zero-order chi connectivity index (χ0) is 24.8. The van der Waals surface area contributed by atoms with Crippen molar-refractivity contribution in [1.29, 1.82) is 0 Å². The molecule has 8 nitrogen and oxygen atoms in total. The lowest BCUT2D eigenvalue weighted by Gasteiger charge is -2.12. The topological polar surface area (TPSA) is 136 Å². The summed E-state index contributed by atoms with van der Waals surface area (Å²) in [5, 5.41) is 20.4. The van der Waals surface area contributed by atoms with Crippen molar-refractivity contribution in [2.75, 3.05) is 6.61 Å². The number of nitrogens with zero attached hydrogens (tertiary/aromatic N) is 2. The molecule has 4 aromatic rings. The van der Waals surface area contributed by atoms with Gasteiger partial charge < -0.3 is 20.7 Å². The van der Waals surface area contributed by atoms with E-state index >= 15 is 0 Å². The molecule has 2 atom stereocenters. The number of hydrogen-bond acceptors (Lipinski definition) is 7. The SMILES string of the molecule is CCOC(=O)C(O)c1cc(F)cc2cccnc12.NC(=O)C(O)c1cc(F)cc2cccnc12. The summed E-state index contributed by atoms with van der Waals surface area (Å²) in [5.74, 6) is -2.82. The van der Waals surface area contributed by atoms with Crippen LogP contribution in [0.15, 0.2) is 60.9 Å². The number of hydrogen-bond donors (Lipinski definition) is 3. The van der Waals surface area contributed by atoms with Gasteiger partial charge in [0.15, 0.2) is 12.2 Å². The van der Waals surface area contributed by atoms with E-state index in [1.807, 2.05) is 0 Å². The van der Waals surface area contributed by atoms with Crippen LogP contribution in [-0.4, -0.2) is 38.7 Å². The first-order valence-corrected chi connectivity index (χ1v) is 10.1. The lowest BCUT2D eigenvalue weighted by molar-refractivity contribution is -0.153. The van der Waals surface area contributed by atoms with Crippen LogP contribution in [0.3, 0.4) is 0 Å². The van der Waals surface area contributed by atoms with Gasteiger partial charge in [0.05, 0.1) is 17.6 Å². The van der Waals surface area contributed by atoms with E-state index in [0.717, 1.165) is 12.1 Å². The summed E-state index contributed by atoms with van der Waals surface area (Å²) >= 11 is 0. The number of benzene rings is 2. The van der Waals surface area contributed by atoms with E-state index in [4.69, 9.17) is 10.5 Å². The van der Waals surface area contributed by atoms with E-state index in [0.29, 0.717) is 21.8 Å². The Morgan fingerprint density at radius 1 is 0.912 bits per heavy atom. The standard InChI is InChI=1S/C13H12FNO3.C11H9FN2O2/c1-2-18-13(17)12(16)10-7-9(14)6-8-4-3-5-15-11(8)10;12-7-4-6-2-1-3-14-9(6)8(5-7)10(15)11(13)16/h3-7,12,16H,2H2,1H3;1-5,10,15H,(H2,13,16). The van der Waals surface area contributed by atoms with Crippen molar-refractivity contribution in [3.8, 4) is 0 Å². The van der Waals surface area contributed by atoms with Crippen LogP contribution in [0.25, 0.3) is 21.8 Å². The van der Waals surface area contributed by atoms with Crippen molar-refractivity contribution >= 4 is 33.7 Å². The first-order valence-electron chi connectivity index (χ1n) is 10.1. The monoisotopic (exact) mass is 469 g/mol. The number of halogens is 2. The minimum Gasteiger partial charge on any atom is -0.464 e. The molecule has 2 heterocycles. The number of carbonyl (C=O) groups excluding carboxylic acids is 2. The van der Waals surface area contributed by atoms with Gasteiger partial charge in [0.2, 0.25) is 0 Å². The molecule has 10 heteroatoms. The maximum absolute atomic E-state index is 13.4. The van der Waals surface area contributed by atoms with Crippen molar-refractivity contribution in [2.45, 2.75) is 19.1 Å². The van der Waals surface area contributed by atoms with Crippen molar-refractivity contribution < 1.29 is 33.3 Å². The number of amides is 1. The number of esters is 1. The van der Waals surface area contributed by atoms with Crippen LogP contribution < -0.4 is 5.73 Å². The minimum absolute atomic E-state index is 0.0862. The molecule has 2 aromatic carbocycles. The molecule has 0 fully saturated rings. The quantitative estimate of drug-likeness (QED) is 0.383. The highest BCUT2D eigenvalue weighted by atomic mass is 19.1. The van der Waals surface area contributed by atoms with Crippen molar-refractivity contribution in [3.63, 3.8) is 0 Å². The van der Waals surface area contributed by atoms with Gasteiger partial charge in [0.1, 0.15) is 11.6 Å². The molecule has 0 spiro atoms. The van der Waals surface area contributed by atoms with E-state index in [2.05, 4.69) is 9.97 Å². The first kappa shape index (κ1) is 24.6. The van der Waals surface area contributed by atoms with E-state index in [-0.39, 0.29) is 17.7 Å². The van der Waals surface area contributed by atoms with E-state index in [9.17, 15) is 28.6 Å². The minimum atomic E-state index is -1.55. The molecule has 0 aliphatic rings. The second-order valence-corrected chi connectivity index (χ2v) is 7.10. The van der Waals surface area contributed by atoms with Gasteiger partial charge in [-0.3, -0.25) is 14.8 Å². The van der Waals surface area contributed by atoms with Gasteiger partial charge in [-0.25, -0.2) is 13.6 Å². The van der Waals surface area contributed by atoms with E-state index in [1.54, 1.807) is 31.2 Å². The van der Waals surface area contributed by atoms with Gasteiger partial charge in [0.25, 0.3) is 5.91 Å². The van der Waals surface area contributed by atoms with Gasteiger partial charge in [-0.1, -0.05) is 12.1 Å². The van der Waals surface area contributed by atoms with Gasteiger partial charge in [-0.05, 0) is 43.3 Å². The molecular weight excluding hydrogens is 448 g/mol. The largest absolute Gasteiger partial charge is 0.464 e. The van der Waals surface area contributed by atoms with Crippen LogP contribution in [0.1, 0.15) is 30.3 Å². The molecular formula is C24H21F2N3O5. The average Bonchev–Trinajstić information content (AvgIpc) is 2.82. The normalized spacial score (nSPS) is 12.5. The number of aromatic nitrogens is 2. The summed E-state index contributed by atoms with van der Waals surface area (Å²) in [6, 6.07) is 11.3. The Labute approximate surface area is 192 Å². The summed E-state index contributed by atoms with van der Waals surface area (Å²) in [4.78, 5) is 30.4. The highest BCUT2D eigenvalue weighted by Gasteiger charge is 2.22. The van der Waals surface area contributed by atoms with Crippen LogP contribution in [0.2, 0.25) is 0 Å². The number of aliphatic hydroxyl groups is 2. The Kier molecular flexibility index (Phi) is 7.77. The van der Waals surface area contributed by atoms with Gasteiger partial charge in [0, 0.05) is 34.3 Å². The summed E-state index contributed by atoms with van der Waals surface area (Å²) in [5.41, 5.74) is 5.93. The number of nitrogens with two attached hydrogens (primary N) is 1. The predicted molar refractivity (Wildman–Crippen MR) is 119 cm³/mol. The number of pyridine rings is 2. The van der Waals surface area contributed by atoms with Crippen molar-refractivity contribution in [2.24, 2.45) is 5.73 Å². The number of aliphatic hydroxyl groups excluding tert-OH is 2.